The zero-order chi connectivity index (χ0) is 13.0. The monoisotopic (exact) mass is 263 g/mol. The SMILES string of the molecule is N#Cc1ccc(Cl)cc1NCCNC(=O)C1CC1. The van der Waals surface area contributed by atoms with E-state index in [0.29, 0.717) is 29.4 Å². The average molecular weight is 264 g/mol. The number of carbonyl (C=O) groups excluding carboxylic acids is 1. The van der Waals surface area contributed by atoms with Crippen LogP contribution in [0.5, 0.6) is 0 Å². The average Bonchev–Trinajstić information content (AvgIpc) is 3.19. The summed E-state index contributed by atoms with van der Waals surface area (Å²) in [7, 11) is 0. The van der Waals surface area contributed by atoms with Crippen molar-refractivity contribution in [3.8, 4) is 6.07 Å². The lowest BCUT2D eigenvalue weighted by molar-refractivity contribution is -0.122. The molecule has 0 radical (unpaired) electrons. The molecule has 1 aromatic rings. The fourth-order valence-corrected chi connectivity index (χ4v) is 1.81. The van der Waals surface area contributed by atoms with Gasteiger partial charge in [0.15, 0.2) is 0 Å². The zero-order valence-electron chi connectivity index (χ0n) is 9.87. The molecule has 0 heterocycles. The third-order valence-corrected chi connectivity index (χ3v) is 3.02. The largest absolute Gasteiger partial charge is 0.382 e. The first-order valence-electron chi connectivity index (χ1n) is 5.92. The Balaban J connectivity index is 1.80. The first kappa shape index (κ1) is 12.7. The van der Waals surface area contributed by atoms with E-state index in [-0.39, 0.29) is 11.8 Å². The molecule has 1 saturated carbocycles. The molecule has 5 heteroatoms. The highest BCUT2D eigenvalue weighted by Gasteiger charge is 2.28. The van der Waals surface area contributed by atoms with Gasteiger partial charge in [-0.15, -0.1) is 0 Å². The Labute approximate surface area is 111 Å². The quantitative estimate of drug-likeness (QED) is 0.800. The lowest BCUT2D eigenvalue weighted by Gasteiger charge is -2.09. The second-order valence-corrected chi connectivity index (χ2v) is 4.73. The lowest BCUT2D eigenvalue weighted by atomic mass is 10.2. The van der Waals surface area contributed by atoms with E-state index < -0.39 is 0 Å². The Morgan fingerprint density at radius 3 is 2.89 bits per heavy atom. The smallest absolute Gasteiger partial charge is 0.223 e. The number of benzene rings is 1. The molecule has 1 fully saturated rings. The van der Waals surface area contributed by atoms with Crippen molar-refractivity contribution in [2.75, 3.05) is 18.4 Å². The number of halogens is 1. The summed E-state index contributed by atoms with van der Waals surface area (Å²) in [4.78, 5) is 11.4. The molecule has 0 unspecified atom stereocenters. The van der Waals surface area contributed by atoms with Crippen LogP contribution in [0.3, 0.4) is 0 Å². The van der Waals surface area contributed by atoms with Gasteiger partial charge < -0.3 is 10.6 Å². The van der Waals surface area contributed by atoms with E-state index in [4.69, 9.17) is 16.9 Å². The predicted molar refractivity (Wildman–Crippen MR) is 70.4 cm³/mol. The highest BCUT2D eigenvalue weighted by Crippen LogP contribution is 2.28. The topological polar surface area (TPSA) is 64.9 Å². The van der Waals surface area contributed by atoms with Gasteiger partial charge in [0.1, 0.15) is 6.07 Å². The maximum atomic E-state index is 11.4. The van der Waals surface area contributed by atoms with E-state index >= 15 is 0 Å². The predicted octanol–water partition coefficient (Wildman–Crippen LogP) is 2.15. The van der Waals surface area contributed by atoms with Gasteiger partial charge in [-0.25, -0.2) is 0 Å². The maximum Gasteiger partial charge on any atom is 0.223 e. The number of nitrogens with one attached hydrogen (secondary N) is 2. The number of carbonyl (C=O) groups is 1. The molecule has 1 aliphatic rings. The molecule has 2 rings (SSSR count). The minimum Gasteiger partial charge on any atom is -0.382 e. The van der Waals surface area contributed by atoms with Gasteiger partial charge in [-0.2, -0.15) is 5.26 Å². The maximum absolute atomic E-state index is 11.4. The van der Waals surface area contributed by atoms with E-state index in [1.165, 1.54) is 0 Å². The Morgan fingerprint density at radius 2 is 2.22 bits per heavy atom. The van der Waals surface area contributed by atoms with Crippen LogP contribution in [0.25, 0.3) is 0 Å². The summed E-state index contributed by atoms with van der Waals surface area (Å²) in [5, 5.41) is 15.5. The van der Waals surface area contributed by atoms with Crippen molar-refractivity contribution < 1.29 is 4.79 Å². The molecule has 0 saturated heterocycles. The van der Waals surface area contributed by atoms with E-state index in [1.54, 1.807) is 18.2 Å². The van der Waals surface area contributed by atoms with Crippen LogP contribution in [0.15, 0.2) is 18.2 Å². The van der Waals surface area contributed by atoms with Gasteiger partial charge in [0, 0.05) is 24.0 Å². The van der Waals surface area contributed by atoms with Crippen LogP contribution in [0, 0.1) is 17.2 Å². The number of hydrogen-bond donors (Lipinski definition) is 2. The number of anilines is 1. The molecule has 0 atom stereocenters. The fourth-order valence-electron chi connectivity index (χ4n) is 1.63. The minimum atomic E-state index is 0.128. The molecule has 4 nitrogen and oxygen atoms in total. The standard InChI is InChI=1S/C13H14ClN3O/c14-11-4-3-10(8-15)12(7-11)16-5-6-17-13(18)9-1-2-9/h3-4,7,9,16H,1-2,5-6H2,(H,17,18). The number of amides is 1. The molecular formula is C13H14ClN3O. The van der Waals surface area contributed by atoms with Crippen molar-refractivity contribution in [2.24, 2.45) is 5.92 Å². The summed E-state index contributed by atoms with van der Waals surface area (Å²) in [6.45, 7) is 1.13. The molecule has 1 aliphatic carbocycles. The Kier molecular flexibility index (Phi) is 4.06. The molecule has 2 N–H and O–H groups in total. The Morgan fingerprint density at radius 1 is 1.44 bits per heavy atom. The van der Waals surface area contributed by atoms with Gasteiger partial charge in [-0.1, -0.05) is 11.6 Å². The van der Waals surface area contributed by atoms with Gasteiger partial charge >= 0.3 is 0 Å². The molecule has 0 aliphatic heterocycles. The summed E-state index contributed by atoms with van der Waals surface area (Å²) in [5.41, 5.74) is 1.25. The van der Waals surface area contributed by atoms with Crippen LogP contribution < -0.4 is 10.6 Å². The molecule has 0 aromatic heterocycles. The molecule has 0 bridgehead atoms. The molecule has 1 amide bonds. The van der Waals surface area contributed by atoms with Gasteiger partial charge in [-0.3, -0.25) is 4.79 Å². The van der Waals surface area contributed by atoms with Crippen molar-refractivity contribution in [3.63, 3.8) is 0 Å². The van der Waals surface area contributed by atoms with Gasteiger partial charge in [0.05, 0.1) is 11.3 Å². The third-order valence-electron chi connectivity index (χ3n) is 2.79. The first-order valence-corrected chi connectivity index (χ1v) is 6.29. The number of nitrogens with zero attached hydrogens (tertiary/aromatic N) is 1. The van der Waals surface area contributed by atoms with Crippen LogP contribution in [-0.4, -0.2) is 19.0 Å². The summed E-state index contributed by atoms with van der Waals surface area (Å²) >= 11 is 5.87. The highest BCUT2D eigenvalue weighted by molar-refractivity contribution is 6.30. The highest BCUT2D eigenvalue weighted by atomic mass is 35.5. The first-order chi connectivity index (χ1) is 8.70. The Bertz CT molecular complexity index is 491. The van der Waals surface area contributed by atoms with E-state index in [1.807, 2.05) is 0 Å². The van der Waals surface area contributed by atoms with Gasteiger partial charge in [0.25, 0.3) is 0 Å². The van der Waals surface area contributed by atoms with Crippen LogP contribution in [-0.2, 0) is 4.79 Å². The Hall–Kier alpha value is -1.73. The summed E-state index contributed by atoms with van der Waals surface area (Å²) in [6, 6.07) is 7.16. The van der Waals surface area contributed by atoms with Crippen molar-refractivity contribution in [3.05, 3.63) is 28.8 Å². The fraction of sp³-hybridized carbons (Fsp3) is 0.385. The number of nitriles is 1. The van der Waals surface area contributed by atoms with Crippen molar-refractivity contribution >= 4 is 23.2 Å². The summed E-state index contributed by atoms with van der Waals surface area (Å²) in [5.74, 6) is 0.356. The molecular weight excluding hydrogens is 250 g/mol. The van der Waals surface area contributed by atoms with E-state index in [9.17, 15) is 4.79 Å². The van der Waals surface area contributed by atoms with Gasteiger partial charge in [-0.05, 0) is 31.0 Å². The number of rotatable bonds is 5. The normalized spacial score (nSPS) is 13.8. The van der Waals surface area contributed by atoms with Crippen molar-refractivity contribution in [1.82, 2.24) is 5.32 Å². The van der Waals surface area contributed by atoms with Crippen molar-refractivity contribution in [2.45, 2.75) is 12.8 Å². The number of hydrogen-bond acceptors (Lipinski definition) is 3. The van der Waals surface area contributed by atoms with E-state index in [2.05, 4.69) is 16.7 Å². The minimum absolute atomic E-state index is 0.128. The molecule has 18 heavy (non-hydrogen) atoms. The zero-order valence-corrected chi connectivity index (χ0v) is 10.6. The molecule has 1 aromatic carbocycles. The van der Waals surface area contributed by atoms with Crippen LogP contribution >= 0.6 is 11.6 Å². The summed E-state index contributed by atoms with van der Waals surface area (Å²) in [6.07, 6.45) is 2.01. The van der Waals surface area contributed by atoms with Crippen LogP contribution in [0.1, 0.15) is 18.4 Å². The molecule has 94 valence electrons. The van der Waals surface area contributed by atoms with Crippen LogP contribution in [0.4, 0.5) is 5.69 Å². The third kappa shape index (κ3) is 3.38. The second kappa shape index (κ2) is 5.74. The summed E-state index contributed by atoms with van der Waals surface area (Å²) < 4.78 is 0. The molecule has 0 spiro atoms. The van der Waals surface area contributed by atoms with Gasteiger partial charge in [0.2, 0.25) is 5.91 Å². The van der Waals surface area contributed by atoms with Crippen LogP contribution in [0.2, 0.25) is 5.02 Å². The van der Waals surface area contributed by atoms with E-state index in [0.717, 1.165) is 12.8 Å². The lowest BCUT2D eigenvalue weighted by Crippen LogP contribution is -2.29. The second-order valence-electron chi connectivity index (χ2n) is 4.29. The van der Waals surface area contributed by atoms with Crippen molar-refractivity contribution in [1.29, 1.82) is 5.26 Å².